The Kier molecular flexibility index (Phi) is 2.77. The molecule has 2 aliphatic rings. The van der Waals surface area contributed by atoms with Gasteiger partial charge in [0, 0.05) is 6.54 Å². The van der Waals surface area contributed by atoms with Crippen LogP contribution in [0.3, 0.4) is 0 Å². The van der Waals surface area contributed by atoms with Crippen LogP contribution in [0, 0.1) is 5.92 Å². The van der Waals surface area contributed by atoms with Gasteiger partial charge in [-0.05, 0) is 24.8 Å². The zero-order valence-corrected chi connectivity index (χ0v) is 11.0. The van der Waals surface area contributed by atoms with Gasteiger partial charge in [0.2, 0.25) is 0 Å². The van der Waals surface area contributed by atoms with Crippen molar-refractivity contribution in [2.24, 2.45) is 16.6 Å². The minimum Gasteiger partial charge on any atom is -0.370 e. The van der Waals surface area contributed by atoms with Crippen LogP contribution in [0.25, 0.3) is 0 Å². The highest BCUT2D eigenvalue weighted by atomic mass is 15.3. The average molecular weight is 243 g/mol. The molecule has 1 aliphatic heterocycles. The maximum Gasteiger partial charge on any atom is 0.192 e. The summed E-state index contributed by atoms with van der Waals surface area (Å²) in [5.41, 5.74) is 7.51. The molecule has 1 aliphatic carbocycles. The lowest BCUT2D eigenvalue weighted by molar-refractivity contribution is 0.192. The fourth-order valence-electron chi connectivity index (χ4n) is 2.86. The predicted octanol–water partition coefficient (Wildman–Crippen LogP) is 2.38. The molecule has 2 N–H and O–H groups in total. The summed E-state index contributed by atoms with van der Waals surface area (Å²) in [6.45, 7) is 4.03. The number of hydrogen-bond donors (Lipinski definition) is 1. The van der Waals surface area contributed by atoms with Crippen LogP contribution in [0.1, 0.15) is 31.7 Å². The van der Waals surface area contributed by atoms with Gasteiger partial charge < -0.3 is 10.6 Å². The molecule has 1 aromatic carbocycles. The normalized spacial score (nSPS) is 27.4. The van der Waals surface area contributed by atoms with Crippen LogP contribution in [0.5, 0.6) is 0 Å². The summed E-state index contributed by atoms with van der Waals surface area (Å²) in [5, 5.41) is 0. The Bertz CT molecular complexity index is 450. The molecule has 1 heterocycles. The van der Waals surface area contributed by atoms with Crippen LogP contribution in [0.15, 0.2) is 35.3 Å². The van der Waals surface area contributed by atoms with E-state index < -0.39 is 0 Å². The van der Waals surface area contributed by atoms with Crippen LogP contribution < -0.4 is 5.73 Å². The monoisotopic (exact) mass is 243 g/mol. The third-order valence-corrected chi connectivity index (χ3v) is 4.12. The first-order valence-electron chi connectivity index (χ1n) is 6.79. The Morgan fingerprint density at radius 3 is 2.72 bits per heavy atom. The Morgan fingerprint density at radius 2 is 2.06 bits per heavy atom. The number of aliphatic imine (C=N–C) groups is 1. The summed E-state index contributed by atoms with van der Waals surface area (Å²) >= 11 is 0. The molecule has 3 rings (SSSR count). The quantitative estimate of drug-likeness (QED) is 0.882. The first-order chi connectivity index (χ1) is 8.67. The van der Waals surface area contributed by atoms with Crippen LogP contribution >= 0.6 is 0 Å². The highest BCUT2D eigenvalue weighted by Gasteiger charge is 2.41. The van der Waals surface area contributed by atoms with Gasteiger partial charge in [-0.25, -0.2) is 0 Å². The van der Waals surface area contributed by atoms with Crippen molar-refractivity contribution in [3.05, 3.63) is 35.9 Å². The Balaban J connectivity index is 1.76. The van der Waals surface area contributed by atoms with Gasteiger partial charge in [-0.1, -0.05) is 43.2 Å². The van der Waals surface area contributed by atoms with Crippen LogP contribution in [0.2, 0.25) is 0 Å². The Labute approximate surface area is 109 Å². The van der Waals surface area contributed by atoms with Crippen molar-refractivity contribution >= 4 is 5.96 Å². The van der Waals surface area contributed by atoms with Gasteiger partial charge in [0.1, 0.15) is 0 Å². The first kappa shape index (κ1) is 11.6. The van der Waals surface area contributed by atoms with E-state index in [4.69, 9.17) is 5.73 Å². The van der Waals surface area contributed by atoms with E-state index in [0.717, 1.165) is 19.0 Å². The van der Waals surface area contributed by atoms with Crippen molar-refractivity contribution in [3.8, 4) is 0 Å². The summed E-state index contributed by atoms with van der Waals surface area (Å²) in [4.78, 5) is 6.76. The lowest BCUT2D eigenvalue weighted by Crippen LogP contribution is -2.49. The molecule has 1 atom stereocenters. The standard InChI is InChI=1S/C15H21N3/c1-15(9-12-7-8-12)11-17-14(16)18(15)10-13-5-3-2-4-6-13/h2-6,12H,7-11H2,1H3,(H2,16,17). The zero-order chi connectivity index (χ0) is 12.6. The highest BCUT2D eigenvalue weighted by molar-refractivity contribution is 5.81. The number of benzene rings is 1. The molecule has 3 nitrogen and oxygen atoms in total. The van der Waals surface area contributed by atoms with Crippen molar-refractivity contribution in [1.82, 2.24) is 4.90 Å². The number of nitrogens with two attached hydrogens (primary N) is 1. The fourth-order valence-corrected chi connectivity index (χ4v) is 2.86. The molecule has 3 heteroatoms. The smallest absolute Gasteiger partial charge is 0.192 e. The lowest BCUT2D eigenvalue weighted by Gasteiger charge is -2.36. The average Bonchev–Trinajstić information content (AvgIpc) is 3.13. The number of rotatable bonds is 4. The molecule has 1 unspecified atom stereocenters. The zero-order valence-electron chi connectivity index (χ0n) is 11.0. The molecule has 1 fully saturated rings. The van der Waals surface area contributed by atoms with E-state index in [-0.39, 0.29) is 5.54 Å². The molecule has 0 aromatic heterocycles. The van der Waals surface area contributed by atoms with Gasteiger partial charge in [0.05, 0.1) is 12.1 Å². The fraction of sp³-hybridized carbons (Fsp3) is 0.533. The summed E-state index contributed by atoms with van der Waals surface area (Å²) in [5.74, 6) is 1.61. The van der Waals surface area contributed by atoms with Crippen molar-refractivity contribution in [2.45, 2.75) is 38.3 Å². The summed E-state index contributed by atoms with van der Waals surface area (Å²) in [7, 11) is 0. The topological polar surface area (TPSA) is 41.6 Å². The van der Waals surface area contributed by atoms with Crippen LogP contribution in [-0.4, -0.2) is 22.9 Å². The minimum atomic E-state index is 0.126. The van der Waals surface area contributed by atoms with E-state index in [1.807, 2.05) is 6.07 Å². The van der Waals surface area contributed by atoms with Crippen molar-refractivity contribution in [3.63, 3.8) is 0 Å². The molecule has 0 bridgehead atoms. The molecule has 1 aromatic rings. The van der Waals surface area contributed by atoms with E-state index in [9.17, 15) is 0 Å². The lowest BCUT2D eigenvalue weighted by atomic mass is 9.93. The number of guanidine groups is 1. The maximum atomic E-state index is 6.07. The van der Waals surface area contributed by atoms with E-state index in [1.165, 1.54) is 24.8 Å². The van der Waals surface area contributed by atoms with E-state index in [1.54, 1.807) is 0 Å². The summed E-state index contributed by atoms with van der Waals surface area (Å²) in [6, 6.07) is 10.5. The van der Waals surface area contributed by atoms with Crippen LogP contribution in [-0.2, 0) is 6.54 Å². The molecule has 0 amide bonds. The van der Waals surface area contributed by atoms with Crippen molar-refractivity contribution in [1.29, 1.82) is 0 Å². The van der Waals surface area contributed by atoms with Gasteiger partial charge >= 0.3 is 0 Å². The minimum absolute atomic E-state index is 0.126. The van der Waals surface area contributed by atoms with Gasteiger partial charge in [0.25, 0.3) is 0 Å². The SMILES string of the molecule is CC1(CC2CC2)CN=C(N)N1Cc1ccccc1. The van der Waals surface area contributed by atoms with E-state index in [0.29, 0.717) is 5.96 Å². The molecular weight excluding hydrogens is 222 g/mol. The predicted molar refractivity (Wildman–Crippen MR) is 74.2 cm³/mol. The summed E-state index contributed by atoms with van der Waals surface area (Å²) < 4.78 is 0. The van der Waals surface area contributed by atoms with Gasteiger partial charge in [0.15, 0.2) is 5.96 Å². The second kappa shape index (κ2) is 4.30. The van der Waals surface area contributed by atoms with E-state index >= 15 is 0 Å². The summed E-state index contributed by atoms with van der Waals surface area (Å²) in [6.07, 6.45) is 3.99. The molecule has 0 spiro atoms. The third kappa shape index (κ3) is 2.22. The van der Waals surface area contributed by atoms with Crippen molar-refractivity contribution < 1.29 is 0 Å². The third-order valence-electron chi connectivity index (χ3n) is 4.12. The molecular formula is C15H21N3. The Morgan fingerprint density at radius 1 is 1.33 bits per heavy atom. The van der Waals surface area contributed by atoms with Crippen LogP contribution in [0.4, 0.5) is 0 Å². The highest BCUT2D eigenvalue weighted by Crippen LogP contribution is 2.40. The van der Waals surface area contributed by atoms with E-state index in [2.05, 4.69) is 41.1 Å². The second-order valence-electron chi connectivity index (χ2n) is 5.89. The number of hydrogen-bond acceptors (Lipinski definition) is 3. The maximum absolute atomic E-state index is 6.07. The molecule has 1 saturated carbocycles. The molecule has 0 saturated heterocycles. The van der Waals surface area contributed by atoms with Gasteiger partial charge in [-0.15, -0.1) is 0 Å². The van der Waals surface area contributed by atoms with Gasteiger partial charge in [-0.3, -0.25) is 4.99 Å². The molecule has 96 valence electrons. The second-order valence-corrected chi connectivity index (χ2v) is 5.89. The van der Waals surface area contributed by atoms with Crippen molar-refractivity contribution in [2.75, 3.05) is 6.54 Å². The largest absolute Gasteiger partial charge is 0.370 e. The van der Waals surface area contributed by atoms with Gasteiger partial charge in [-0.2, -0.15) is 0 Å². The number of nitrogens with zero attached hydrogens (tertiary/aromatic N) is 2. The Hall–Kier alpha value is -1.51. The first-order valence-corrected chi connectivity index (χ1v) is 6.79. The molecule has 0 radical (unpaired) electrons. The molecule has 18 heavy (non-hydrogen) atoms.